The van der Waals surface area contributed by atoms with Crippen molar-refractivity contribution in [1.29, 1.82) is 0 Å². The largest absolute Gasteiger partial charge is 0.385 e. The third-order valence-corrected chi connectivity index (χ3v) is 3.10. The van der Waals surface area contributed by atoms with Gasteiger partial charge in [-0.15, -0.1) is 0 Å². The molecule has 1 N–H and O–H groups in total. The zero-order chi connectivity index (χ0) is 16.0. The lowest BCUT2D eigenvalue weighted by atomic mass is 10.1. The quantitative estimate of drug-likeness (QED) is 0.835. The van der Waals surface area contributed by atoms with E-state index in [1.807, 2.05) is 24.8 Å². The van der Waals surface area contributed by atoms with Gasteiger partial charge in [-0.05, 0) is 31.7 Å². The van der Waals surface area contributed by atoms with Crippen LogP contribution in [0.2, 0.25) is 0 Å². The Morgan fingerprint density at radius 1 is 1.24 bits per heavy atom. The molecule has 0 radical (unpaired) electrons. The van der Waals surface area contributed by atoms with E-state index in [9.17, 15) is 4.79 Å². The van der Waals surface area contributed by atoms with Gasteiger partial charge in [0.1, 0.15) is 0 Å². The fraction of sp³-hybridized carbons (Fsp3) is 0.647. The molecule has 1 heterocycles. The smallest absolute Gasteiger partial charge is 0.257 e. The number of nitrogens with zero attached hydrogens (tertiary/aromatic N) is 2. The van der Waals surface area contributed by atoms with Crippen LogP contribution in [0.1, 0.15) is 50.7 Å². The van der Waals surface area contributed by atoms with E-state index in [0.717, 1.165) is 31.0 Å². The zero-order valence-electron chi connectivity index (χ0n) is 14.2. The minimum absolute atomic E-state index is 0.0702. The van der Waals surface area contributed by atoms with Crippen LogP contribution in [0.5, 0.6) is 0 Å². The average Bonchev–Trinajstić information content (AvgIpc) is 2.36. The van der Waals surface area contributed by atoms with Crippen molar-refractivity contribution in [2.45, 2.75) is 41.5 Å². The fourth-order valence-corrected chi connectivity index (χ4v) is 2.36. The molecule has 0 aliphatic rings. The predicted molar refractivity (Wildman–Crippen MR) is 88.7 cm³/mol. The van der Waals surface area contributed by atoms with E-state index in [4.69, 9.17) is 0 Å². The number of hydrogen-bond acceptors (Lipinski definition) is 3. The number of pyridine rings is 1. The van der Waals surface area contributed by atoms with Crippen LogP contribution in [0.15, 0.2) is 12.3 Å². The Morgan fingerprint density at radius 3 is 2.29 bits per heavy atom. The third-order valence-electron chi connectivity index (χ3n) is 3.10. The van der Waals surface area contributed by atoms with E-state index in [2.05, 4.69) is 38.0 Å². The lowest BCUT2D eigenvalue weighted by molar-refractivity contribution is 0.0715. The van der Waals surface area contributed by atoms with E-state index < -0.39 is 0 Å². The van der Waals surface area contributed by atoms with Gasteiger partial charge in [-0.1, -0.05) is 27.7 Å². The van der Waals surface area contributed by atoms with Crippen LogP contribution in [-0.2, 0) is 0 Å². The van der Waals surface area contributed by atoms with Crippen LogP contribution in [0.3, 0.4) is 0 Å². The zero-order valence-corrected chi connectivity index (χ0v) is 14.2. The lowest BCUT2D eigenvalue weighted by Crippen LogP contribution is -2.37. The minimum Gasteiger partial charge on any atom is -0.385 e. The Kier molecular flexibility index (Phi) is 6.66. The summed E-state index contributed by atoms with van der Waals surface area (Å²) in [4.78, 5) is 19.1. The van der Waals surface area contributed by atoms with Gasteiger partial charge in [-0.2, -0.15) is 0 Å². The molecule has 0 aliphatic carbocycles. The first kappa shape index (κ1) is 17.5. The van der Waals surface area contributed by atoms with E-state index in [0.29, 0.717) is 17.4 Å². The van der Waals surface area contributed by atoms with Crippen LogP contribution in [0.4, 0.5) is 5.69 Å². The van der Waals surface area contributed by atoms with Gasteiger partial charge in [0.25, 0.3) is 5.91 Å². The first-order valence-electron chi connectivity index (χ1n) is 7.84. The topological polar surface area (TPSA) is 45.2 Å². The molecule has 0 bridgehead atoms. The highest BCUT2D eigenvalue weighted by atomic mass is 16.2. The summed E-state index contributed by atoms with van der Waals surface area (Å²) in [5.41, 5.74) is 2.47. The Balaban J connectivity index is 3.07. The molecular formula is C17H29N3O. The first-order valence-corrected chi connectivity index (χ1v) is 7.84. The Bertz CT molecular complexity index is 459. The number of aromatic nitrogens is 1. The molecule has 1 aromatic heterocycles. The summed E-state index contributed by atoms with van der Waals surface area (Å²) in [5.74, 6) is 0.975. The molecule has 0 saturated carbocycles. The summed E-state index contributed by atoms with van der Waals surface area (Å²) < 4.78 is 0. The summed E-state index contributed by atoms with van der Waals surface area (Å²) >= 11 is 0. The van der Waals surface area contributed by atoms with Crippen molar-refractivity contribution in [3.8, 4) is 0 Å². The highest BCUT2D eigenvalue weighted by Gasteiger charge is 2.21. The van der Waals surface area contributed by atoms with Crippen molar-refractivity contribution in [3.05, 3.63) is 23.5 Å². The van der Waals surface area contributed by atoms with Gasteiger partial charge in [0.15, 0.2) is 0 Å². The molecule has 0 fully saturated rings. The molecule has 0 atom stereocenters. The Hall–Kier alpha value is -1.58. The van der Waals surface area contributed by atoms with E-state index in [1.54, 1.807) is 6.20 Å². The van der Waals surface area contributed by atoms with Crippen molar-refractivity contribution in [2.75, 3.05) is 25.0 Å². The standard InChI is InChI=1S/C17H29N3O/c1-7-18-16-8-14(6)19-9-15(16)17(21)20(10-12(2)3)11-13(4)5/h8-9,12-13H,7,10-11H2,1-6H3,(H,18,19). The minimum atomic E-state index is 0.0702. The van der Waals surface area contributed by atoms with E-state index in [1.165, 1.54) is 0 Å². The highest BCUT2D eigenvalue weighted by Crippen LogP contribution is 2.19. The van der Waals surface area contributed by atoms with Gasteiger partial charge in [0.05, 0.1) is 11.3 Å². The molecule has 0 saturated heterocycles. The van der Waals surface area contributed by atoms with Crippen LogP contribution in [-0.4, -0.2) is 35.4 Å². The molecule has 0 spiro atoms. The second-order valence-corrected chi connectivity index (χ2v) is 6.40. The normalized spacial score (nSPS) is 11.0. The maximum Gasteiger partial charge on any atom is 0.257 e. The van der Waals surface area contributed by atoms with Gasteiger partial charge >= 0.3 is 0 Å². The van der Waals surface area contributed by atoms with Crippen LogP contribution >= 0.6 is 0 Å². The summed E-state index contributed by atoms with van der Waals surface area (Å²) in [5, 5.41) is 3.27. The average molecular weight is 291 g/mol. The first-order chi connectivity index (χ1) is 9.85. The summed E-state index contributed by atoms with van der Waals surface area (Å²) in [6.07, 6.45) is 1.70. The van der Waals surface area contributed by atoms with Gasteiger partial charge in [-0.25, -0.2) is 0 Å². The SMILES string of the molecule is CCNc1cc(C)ncc1C(=O)N(CC(C)C)CC(C)C. The van der Waals surface area contributed by atoms with Gasteiger partial charge in [-0.3, -0.25) is 9.78 Å². The number of rotatable bonds is 7. The van der Waals surface area contributed by atoms with Crippen LogP contribution in [0.25, 0.3) is 0 Å². The molecule has 1 rings (SSSR count). The van der Waals surface area contributed by atoms with Gasteiger partial charge in [0.2, 0.25) is 0 Å². The van der Waals surface area contributed by atoms with Crippen LogP contribution < -0.4 is 5.32 Å². The van der Waals surface area contributed by atoms with E-state index >= 15 is 0 Å². The monoisotopic (exact) mass is 291 g/mol. The maximum absolute atomic E-state index is 12.9. The number of amides is 1. The highest BCUT2D eigenvalue weighted by molar-refractivity contribution is 5.99. The van der Waals surface area contributed by atoms with Crippen molar-refractivity contribution in [1.82, 2.24) is 9.88 Å². The summed E-state index contributed by atoms with van der Waals surface area (Å²) in [6, 6.07) is 1.94. The third kappa shape index (κ3) is 5.37. The molecule has 0 unspecified atom stereocenters. The molecule has 1 amide bonds. The number of aryl methyl sites for hydroxylation is 1. The molecule has 4 nitrogen and oxygen atoms in total. The molecule has 21 heavy (non-hydrogen) atoms. The molecule has 1 aromatic rings. The predicted octanol–water partition coefficient (Wildman–Crippen LogP) is 3.58. The second kappa shape index (κ2) is 8.01. The maximum atomic E-state index is 12.9. The number of carbonyl (C=O) groups is 1. The van der Waals surface area contributed by atoms with Crippen molar-refractivity contribution in [2.24, 2.45) is 11.8 Å². The molecule has 0 aromatic carbocycles. The Labute approximate surface area is 129 Å². The molecule has 118 valence electrons. The number of carbonyl (C=O) groups excluding carboxylic acids is 1. The summed E-state index contributed by atoms with van der Waals surface area (Å²) in [7, 11) is 0. The van der Waals surface area contributed by atoms with Gasteiger partial charge < -0.3 is 10.2 Å². The fourth-order valence-electron chi connectivity index (χ4n) is 2.36. The molecule has 4 heteroatoms. The van der Waals surface area contributed by atoms with Gasteiger partial charge in [0, 0.05) is 31.5 Å². The number of hydrogen-bond donors (Lipinski definition) is 1. The summed E-state index contributed by atoms with van der Waals surface area (Å²) in [6.45, 7) is 14.9. The molecular weight excluding hydrogens is 262 g/mol. The second-order valence-electron chi connectivity index (χ2n) is 6.40. The van der Waals surface area contributed by atoms with E-state index in [-0.39, 0.29) is 5.91 Å². The van der Waals surface area contributed by atoms with Crippen molar-refractivity contribution in [3.63, 3.8) is 0 Å². The Morgan fingerprint density at radius 2 is 1.81 bits per heavy atom. The van der Waals surface area contributed by atoms with Crippen molar-refractivity contribution >= 4 is 11.6 Å². The van der Waals surface area contributed by atoms with Crippen molar-refractivity contribution < 1.29 is 4.79 Å². The number of anilines is 1. The van der Waals surface area contributed by atoms with Crippen LogP contribution in [0, 0.1) is 18.8 Å². The lowest BCUT2D eigenvalue weighted by Gasteiger charge is -2.27. The molecule has 0 aliphatic heterocycles. The number of nitrogens with one attached hydrogen (secondary N) is 1.